The third-order valence-corrected chi connectivity index (χ3v) is 3.57. The van der Waals surface area contributed by atoms with Crippen molar-refractivity contribution in [2.45, 2.75) is 13.0 Å². The van der Waals surface area contributed by atoms with E-state index in [2.05, 4.69) is 17.2 Å². The first-order valence-corrected chi connectivity index (χ1v) is 6.53. The highest BCUT2D eigenvalue weighted by molar-refractivity contribution is 6.42. The second-order valence-electron chi connectivity index (χ2n) is 4.09. The molecule has 1 aromatic carbocycles. The maximum atomic E-state index is 6.08. The Balaban J connectivity index is 2.41. The fourth-order valence-electron chi connectivity index (χ4n) is 1.93. The summed E-state index contributed by atoms with van der Waals surface area (Å²) in [4.78, 5) is 4.15. The molecular weight excluding hydrogens is 269 g/mol. The molecule has 2 rings (SSSR count). The van der Waals surface area contributed by atoms with Gasteiger partial charge in [-0.05, 0) is 24.2 Å². The molecule has 0 aliphatic carbocycles. The number of imidazole rings is 1. The highest BCUT2D eigenvalue weighted by Gasteiger charge is 2.16. The van der Waals surface area contributed by atoms with Crippen LogP contribution in [0.5, 0.6) is 0 Å². The van der Waals surface area contributed by atoms with Crippen molar-refractivity contribution < 1.29 is 0 Å². The smallest absolute Gasteiger partial charge is 0.0946 e. The molecule has 3 nitrogen and oxygen atoms in total. The number of hydrogen-bond donors (Lipinski definition) is 1. The van der Waals surface area contributed by atoms with Crippen molar-refractivity contribution in [1.29, 1.82) is 0 Å². The van der Waals surface area contributed by atoms with Crippen LogP contribution in [0.2, 0.25) is 10.0 Å². The quantitative estimate of drug-likeness (QED) is 0.932. The van der Waals surface area contributed by atoms with Gasteiger partial charge >= 0.3 is 0 Å². The van der Waals surface area contributed by atoms with E-state index >= 15 is 0 Å². The Morgan fingerprint density at radius 1 is 1.33 bits per heavy atom. The highest BCUT2D eigenvalue weighted by Crippen LogP contribution is 2.28. The van der Waals surface area contributed by atoms with Crippen molar-refractivity contribution in [3.8, 4) is 0 Å². The standard InChI is InChI=1S/C13H15Cl2N3/c1-3-17-13(12-7-16-8-18(12)2)9-4-5-10(14)11(15)6-9/h4-8,13,17H,3H2,1-2H3. The normalized spacial score (nSPS) is 12.7. The SMILES string of the molecule is CCNC(c1ccc(Cl)c(Cl)c1)c1cncn1C. The Kier molecular flexibility index (Phi) is 4.27. The van der Waals surface area contributed by atoms with Crippen LogP contribution in [0.4, 0.5) is 0 Å². The molecule has 5 heteroatoms. The third kappa shape index (κ3) is 2.69. The zero-order valence-corrected chi connectivity index (χ0v) is 11.8. The number of aryl methyl sites for hydroxylation is 1. The Morgan fingerprint density at radius 2 is 2.11 bits per heavy atom. The average molecular weight is 284 g/mol. The molecule has 18 heavy (non-hydrogen) atoms. The van der Waals surface area contributed by atoms with Crippen LogP contribution in [0, 0.1) is 0 Å². The van der Waals surface area contributed by atoms with Gasteiger partial charge in [0, 0.05) is 7.05 Å². The van der Waals surface area contributed by atoms with Crippen LogP contribution >= 0.6 is 23.2 Å². The van der Waals surface area contributed by atoms with Crippen LogP contribution in [-0.2, 0) is 7.05 Å². The molecule has 0 saturated carbocycles. The van der Waals surface area contributed by atoms with Crippen molar-refractivity contribution in [2.75, 3.05) is 6.54 Å². The molecule has 1 aromatic heterocycles. The Bertz CT molecular complexity index is 537. The van der Waals surface area contributed by atoms with E-state index in [4.69, 9.17) is 23.2 Å². The second kappa shape index (κ2) is 5.74. The summed E-state index contributed by atoms with van der Waals surface area (Å²) in [6.45, 7) is 2.93. The number of aromatic nitrogens is 2. The molecule has 0 aliphatic rings. The number of halogens is 2. The lowest BCUT2D eigenvalue weighted by molar-refractivity contribution is 0.593. The van der Waals surface area contributed by atoms with Crippen molar-refractivity contribution in [3.63, 3.8) is 0 Å². The van der Waals surface area contributed by atoms with Gasteiger partial charge in [-0.3, -0.25) is 0 Å². The molecule has 0 radical (unpaired) electrons. The Hall–Kier alpha value is -1.03. The summed E-state index contributed by atoms with van der Waals surface area (Å²) in [7, 11) is 1.98. The van der Waals surface area contributed by atoms with Crippen LogP contribution in [0.25, 0.3) is 0 Å². The van der Waals surface area contributed by atoms with E-state index in [0.29, 0.717) is 10.0 Å². The molecule has 0 bridgehead atoms. The first kappa shape index (κ1) is 13.4. The van der Waals surface area contributed by atoms with E-state index in [1.807, 2.05) is 36.0 Å². The number of rotatable bonds is 4. The maximum Gasteiger partial charge on any atom is 0.0946 e. The molecule has 1 unspecified atom stereocenters. The molecular formula is C13H15Cl2N3. The van der Waals surface area contributed by atoms with Crippen LogP contribution in [0.15, 0.2) is 30.7 Å². The third-order valence-electron chi connectivity index (χ3n) is 2.83. The van der Waals surface area contributed by atoms with Crippen molar-refractivity contribution in [2.24, 2.45) is 7.05 Å². The van der Waals surface area contributed by atoms with E-state index in [1.165, 1.54) is 0 Å². The zero-order chi connectivity index (χ0) is 13.1. The fraction of sp³-hybridized carbons (Fsp3) is 0.308. The molecule has 0 spiro atoms. The van der Waals surface area contributed by atoms with Gasteiger partial charge in [0.2, 0.25) is 0 Å². The van der Waals surface area contributed by atoms with E-state index in [-0.39, 0.29) is 6.04 Å². The van der Waals surface area contributed by atoms with Crippen molar-refractivity contribution in [1.82, 2.24) is 14.9 Å². The lowest BCUT2D eigenvalue weighted by Crippen LogP contribution is -2.23. The monoisotopic (exact) mass is 283 g/mol. The van der Waals surface area contributed by atoms with E-state index in [1.54, 1.807) is 6.33 Å². The number of nitrogens with zero attached hydrogens (tertiary/aromatic N) is 2. The molecule has 0 fully saturated rings. The van der Waals surface area contributed by atoms with Crippen molar-refractivity contribution >= 4 is 23.2 Å². The van der Waals surface area contributed by atoms with Gasteiger partial charge in [-0.25, -0.2) is 4.98 Å². The van der Waals surface area contributed by atoms with Gasteiger partial charge in [0.1, 0.15) is 0 Å². The van der Waals surface area contributed by atoms with E-state index in [9.17, 15) is 0 Å². The molecule has 0 saturated heterocycles. The minimum atomic E-state index is 0.0669. The number of nitrogens with one attached hydrogen (secondary N) is 1. The summed E-state index contributed by atoms with van der Waals surface area (Å²) >= 11 is 12.0. The van der Waals surface area contributed by atoms with Gasteiger partial charge < -0.3 is 9.88 Å². The molecule has 2 aromatic rings. The van der Waals surface area contributed by atoms with Gasteiger partial charge in [0.15, 0.2) is 0 Å². The molecule has 96 valence electrons. The second-order valence-corrected chi connectivity index (χ2v) is 4.91. The summed E-state index contributed by atoms with van der Waals surface area (Å²) in [5, 5.41) is 4.57. The van der Waals surface area contributed by atoms with Crippen LogP contribution < -0.4 is 5.32 Å². The number of hydrogen-bond acceptors (Lipinski definition) is 2. The highest BCUT2D eigenvalue weighted by atomic mass is 35.5. The van der Waals surface area contributed by atoms with Gasteiger partial charge in [-0.15, -0.1) is 0 Å². The maximum absolute atomic E-state index is 6.08. The van der Waals surface area contributed by atoms with E-state index in [0.717, 1.165) is 17.8 Å². The summed E-state index contributed by atoms with van der Waals surface area (Å²) < 4.78 is 2.00. The minimum Gasteiger partial charge on any atom is -0.336 e. The molecule has 1 N–H and O–H groups in total. The molecule has 0 aliphatic heterocycles. The topological polar surface area (TPSA) is 29.9 Å². The molecule has 0 amide bonds. The average Bonchev–Trinajstić information content (AvgIpc) is 2.76. The summed E-state index contributed by atoms with van der Waals surface area (Å²) in [5.41, 5.74) is 2.17. The summed E-state index contributed by atoms with van der Waals surface area (Å²) in [6.07, 6.45) is 3.65. The summed E-state index contributed by atoms with van der Waals surface area (Å²) in [5.74, 6) is 0. The predicted octanol–water partition coefficient (Wildman–Crippen LogP) is 3.43. The zero-order valence-electron chi connectivity index (χ0n) is 10.3. The van der Waals surface area contributed by atoms with Gasteiger partial charge in [0.25, 0.3) is 0 Å². The van der Waals surface area contributed by atoms with Gasteiger partial charge in [0.05, 0.1) is 34.3 Å². The fourth-order valence-corrected chi connectivity index (χ4v) is 2.24. The first-order chi connectivity index (χ1) is 8.63. The number of benzene rings is 1. The van der Waals surface area contributed by atoms with E-state index < -0.39 is 0 Å². The van der Waals surface area contributed by atoms with Crippen LogP contribution in [0.1, 0.15) is 24.2 Å². The minimum absolute atomic E-state index is 0.0669. The lowest BCUT2D eigenvalue weighted by atomic mass is 10.0. The molecule has 1 heterocycles. The van der Waals surface area contributed by atoms with Crippen LogP contribution in [-0.4, -0.2) is 16.1 Å². The van der Waals surface area contributed by atoms with Gasteiger partial charge in [-0.2, -0.15) is 0 Å². The molecule has 1 atom stereocenters. The predicted molar refractivity (Wildman–Crippen MR) is 75.2 cm³/mol. The largest absolute Gasteiger partial charge is 0.336 e. The van der Waals surface area contributed by atoms with Crippen molar-refractivity contribution in [3.05, 3.63) is 52.0 Å². The van der Waals surface area contributed by atoms with Crippen LogP contribution in [0.3, 0.4) is 0 Å². The Morgan fingerprint density at radius 3 is 2.67 bits per heavy atom. The van der Waals surface area contributed by atoms with Gasteiger partial charge in [-0.1, -0.05) is 36.2 Å². The lowest BCUT2D eigenvalue weighted by Gasteiger charge is -2.19. The summed E-state index contributed by atoms with van der Waals surface area (Å²) in [6, 6.07) is 5.76. The first-order valence-electron chi connectivity index (χ1n) is 5.78. The Labute approximate surface area is 117 Å².